The van der Waals surface area contributed by atoms with Crippen LogP contribution in [0, 0.1) is 5.82 Å². The second-order valence-electron chi connectivity index (χ2n) is 3.13. The fourth-order valence-electron chi connectivity index (χ4n) is 1.19. The summed E-state index contributed by atoms with van der Waals surface area (Å²) >= 11 is 0. The van der Waals surface area contributed by atoms with E-state index in [1.54, 1.807) is 6.07 Å². The molecule has 0 saturated carbocycles. The molecule has 0 fully saturated rings. The second kappa shape index (κ2) is 4.53. The minimum Gasteiger partial charge on any atom is -0.456 e. The van der Waals surface area contributed by atoms with Crippen LogP contribution < -0.4 is 4.74 Å². The number of aromatic nitrogens is 1. The normalized spacial score (nSPS) is 9.81. The summed E-state index contributed by atoms with van der Waals surface area (Å²) in [6.45, 7) is 0. The van der Waals surface area contributed by atoms with Crippen LogP contribution in [-0.4, -0.2) is 11.3 Å². The molecule has 1 heterocycles. The third-order valence-electron chi connectivity index (χ3n) is 1.92. The van der Waals surface area contributed by atoms with Crippen LogP contribution in [0.5, 0.6) is 11.5 Å². The average molecular weight is 217 g/mol. The number of nitrogens with zero attached hydrogens (tertiary/aromatic N) is 1. The van der Waals surface area contributed by atoms with Crippen molar-refractivity contribution in [3.8, 4) is 11.5 Å². The van der Waals surface area contributed by atoms with E-state index < -0.39 is 0 Å². The molecule has 2 rings (SSSR count). The third kappa shape index (κ3) is 2.42. The van der Waals surface area contributed by atoms with Gasteiger partial charge in [0.05, 0.1) is 6.20 Å². The van der Waals surface area contributed by atoms with Crippen molar-refractivity contribution in [1.29, 1.82) is 0 Å². The fourth-order valence-corrected chi connectivity index (χ4v) is 1.19. The summed E-state index contributed by atoms with van der Waals surface area (Å²) in [7, 11) is 0. The van der Waals surface area contributed by atoms with Crippen molar-refractivity contribution in [1.82, 2.24) is 4.98 Å². The molecule has 0 aliphatic heterocycles. The summed E-state index contributed by atoms with van der Waals surface area (Å²) in [6, 6.07) is 7.16. The molecule has 0 atom stereocenters. The molecule has 16 heavy (non-hydrogen) atoms. The highest BCUT2D eigenvalue weighted by Crippen LogP contribution is 2.20. The van der Waals surface area contributed by atoms with Crippen molar-refractivity contribution in [3.05, 3.63) is 54.1 Å². The smallest absolute Gasteiger partial charge is 0.151 e. The molecular formula is C12H8FNO2. The van der Waals surface area contributed by atoms with E-state index in [9.17, 15) is 9.18 Å². The van der Waals surface area contributed by atoms with Gasteiger partial charge in [-0.15, -0.1) is 0 Å². The number of ether oxygens (including phenoxy) is 1. The zero-order valence-corrected chi connectivity index (χ0v) is 8.26. The van der Waals surface area contributed by atoms with E-state index in [4.69, 9.17) is 4.74 Å². The summed E-state index contributed by atoms with van der Waals surface area (Å²) in [6.07, 6.45) is 3.60. The number of pyridine rings is 1. The lowest BCUT2D eigenvalue weighted by atomic mass is 10.3. The number of carbonyl (C=O) groups excluding carboxylic acids is 1. The van der Waals surface area contributed by atoms with E-state index in [1.165, 1.54) is 36.7 Å². The van der Waals surface area contributed by atoms with Crippen molar-refractivity contribution in [2.75, 3.05) is 0 Å². The number of rotatable bonds is 3. The quantitative estimate of drug-likeness (QED) is 0.742. The average Bonchev–Trinajstić information content (AvgIpc) is 2.32. The summed E-state index contributed by atoms with van der Waals surface area (Å²) in [5, 5.41) is 0. The molecule has 1 aromatic carbocycles. The number of hydrogen-bond acceptors (Lipinski definition) is 3. The molecule has 0 unspecified atom stereocenters. The van der Waals surface area contributed by atoms with E-state index >= 15 is 0 Å². The van der Waals surface area contributed by atoms with Gasteiger partial charge >= 0.3 is 0 Å². The highest BCUT2D eigenvalue weighted by Gasteiger charge is 1.99. The molecule has 0 amide bonds. The van der Waals surface area contributed by atoms with Crippen molar-refractivity contribution >= 4 is 6.29 Å². The van der Waals surface area contributed by atoms with Gasteiger partial charge in [0.2, 0.25) is 0 Å². The van der Waals surface area contributed by atoms with Gasteiger partial charge in [-0.2, -0.15) is 0 Å². The molecule has 3 nitrogen and oxygen atoms in total. The maximum absolute atomic E-state index is 12.6. The number of benzene rings is 1. The van der Waals surface area contributed by atoms with Gasteiger partial charge in [-0.25, -0.2) is 4.39 Å². The predicted molar refractivity (Wildman–Crippen MR) is 56.1 cm³/mol. The predicted octanol–water partition coefficient (Wildman–Crippen LogP) is 2.83. The summed E-state index contributed by atoms with van der Waals surface area (Å²) in [5.74, 6) is 0.606. The van der Waals surface area contributed by atoms with Gasteiger partial charge < -0.3 is 4.74 Å². The van der Waals surface area contributed by atoms with Crippen molar-refractivity contribution in [2.24, 2.45) is 0 Å². The van der Waals surface area contributed by atoms with E-state index in [-0.39, 0.29) is 5.82 Å². The van der Waals surface area contributed by atoms with Crippen LogP contribution in [0.3, 0.4) is 0 Å². The zero-order chi connectivity index (χ0) is 11.4. The maximum Gasteiger partial charge on any atom is 0.151 e. The first-order valence-corrected chi connectivity index (χ1v) is 4.61. The van der Waals surface area contributed by atoms with Crippen LogP contribution in [0.1, 0.15) is 10.4 Å². The van der Waals surface area contributed by atoms with Gasteiger partial charge in [0.15, 0.2) is 6.29 Å². The number of halogens is 1. The molecule has 0 saturated heterocycles. The number of carbonyl (C=O) groups is 1. The minimum atomic E-state index is -0.327. The van der Waals surface area contributed by atoms with E-state index in [1.807, 2.05) is 0 Å². The van der Waals surface area contributed by atoms with Crippen molar-refractivity contribution < 1.29 is 13.9 Å². The van der Waals surface area contributed by atoms with Gasteiger partial charge in [0.1, 0.15) is 17.3 Å². The lowest BCUT2D eigenvalue weighted by Crippen LogP contribution is -1.88. The van der Waals surface area contributed by atoms with Crippen molar-refractivity contribution in [3.63, 3.8) is 0 Å². The third-order valence-corrected chi connectivity index (χ3v) is 1.92. The van der Waals surface area contributed by atoms with Crippen LogP contribution in [0.4, 0.5) is 4.39 Å². The van der Waals surface area contributed by atoms with Crippen LogP contribution in [0.2, 0.25) is 0 Å². The summed E-state index contributed by atoms with van der Waals surface area (Å²) in [5.41, 5.74) is 0.430. The molecule has 0 aliphatic carbocycles. The summed E-state index contributed by atoms with van der Waals surface area (Å²) in [4.78, 5) is 14.3. The van der Waals surface area contributed by atoms with Crippen LogP contribution in [-0.2, 0) is 0 Å². The van der Waals surface area contributed by atoms with Crippen LogP contribution in [0.25, 0.3) is 0 Å². The Balaban J connectivity index is 2.20. The van der Waals surface area contributed by atoms with Gasteiger partial charge in [0.25, 0.3) is 0 Å². The first-order chi connectivity index (χ1) is 7.78. The largest absolute Gasteiger partial charge is 0.456 e. The lowest BCUT2D eigenvalue weighted by molar-refractivity contribution is 0.112. The Morgan fingerprint density at radius 1 is 1.12 bits per heavy atom. The first kappa shape index (κ1) is 10.3. The Morgan fingerprint density at radius 2 is 1.88 bits per heavy atom. The molecule has 0 aliphatic rings. The molecule has 1 aromatic heterocycles. The van der Waals surface area contributed by atoms with Crippen molar-refractivity contribution in [2.45, 2.75) is 0 Å². The molecule has 0 spiro atoms. The highest BCUT2D eigenvalue weighted by atomic mass is 19.1. The van der Waals surface area contributed by atoms with Crippen LogP contribution in [0.15, 0.2) is 42.7 Å². The Kier molecular flexibility index (Phi) is 2.91. The van der Waals surface area contributed by atoms with Gasteiger partial charge in [-0.3, -0.25) is 9.78 Å². The van der Waals surface area contributed by atoms with E-state index in [2.05, 4.69) is 4.98 Å². The molecule has 2 aromatic rings. The van der Waals surface area contributed by atoms with Gasteiger partial charge in [-0.05, 0) is 30.3 Å². The second-order valence-corrected chi connectivity index (χ2v) is 3.13. The monoisotopic (exact) mass is 217 g/mol. The molecule has 4 heteroatoms. The molecular weight excluding hydrogens is 209 g/mol. The minimum absolute atomic E-state index is 0.327. The SMILES string of the molecule is O=Cc1cncc(Oc2ccc(F)cc2)c1. The Labute approximate surface area is 91.5 Å². The Bertz CT molecular complexity index is 497. The zero-order valence-electron chi connectivity index (χ0n) is 8.26. The van der Waals surface area contributed by atoms with Gasteiger partial charge in [0, 0.05) is 11.8 Å². The fraction of sp³-hybridized carbons (Fsp3) is 0. The number of aldehydes is 1. The van der Waals surface area contributed by atoms with E-state index in [0.29, 0.717) is 23.3 Å². The Hall–Kier alpha value is -2.23. The standard InChI is InChI=1S/C12H8FNO2/c13-10-1-3-11(4-2-10)16-12-5-9(8-15)6-14-7-12/h1-8H. The van der Waals surface area contributed by atoms with E-state index in [0.717, 1.165) is 0 Å². The lowest BCUT2D eigenvalue weighted by Gasteiger charge is -2.04. The van der Waals surface area contributed by atoms with Gasteiger partial charge in [-0.1, -0.05) is 0 Å². The molecule has 80 valence electrons. The molecule has 0 bridgehead atoms. The Morgan fingerprint density at radius 3 is 2.56 bits per heavy atom. The maximum atomic E-state index is 12.6. The van der Waals surface area contributed by atoms with Crippen LogP contribution >= 0.6 is 0 Å². The molecule has 0 N–H and O–H groups in total. The topological polar surface area (TPSA) is 39.2 Å². The first-order valence-electron chi connectivity index (χ1n) is 4.61. The summed E-state index contributed by atoms with van der Waals surface area (Å²) < 4.78 is 18.0. The molecule has 0 radical (unpaired) electrons. The highest BCUT2D eigenvalue weighted by molar-refractivity contribution is 5.74. The number of hydrogen-bond donors (Lipinski definition) is 0.